The van der Waals surface area contributed by atoms with Crippen molar-refractivity contribution in [3.8, 4) is 0 Å². The van der Waals surface area contributed by atoms with Gasteiger partial charge in [-0.15, -0.1) is 0 Å². The predicted octanol–water partition coefficient (Wildman–Crippen LogP) is 2.53. The molecule has 0 aromatic heterocycles. The second-order valence-corrected chi connectivity index (χ2v) is 2.28. The van der Waals surface area contributed by atoms with Gasteiger partial charge in [-0.25, -0.2) is 0 Å². The molecule has 0 aliphatic heterocycles. The fraction of sp³-hybridized carbons (Fsp3) is 0.600. The van der Waals surface area contributed by atoms with Crippen LogP contribution >= 0.6 is 0 Å². The summed E-state index contributed by atoms with van der Waals surface area (Å²) in [4.78, 5) is 19.0. The summed E-state index contributed by atoms with van der Waals surface area (Å²) >= 11 is 0. The monoisotopic (exact) mass is 170 g/mol. The summed E-state index contributed by atoms with van der Waals surface area (Å²) in [5, 5.41) is 0. The average Bonchev–Trinajstić information content (AvgIpc) is 2.12. The molecule has 0 amide bonds. The quantitative estimate of drug-likeness (QED) is 0.361. The lowest BCUT2D eigenvalue weighted by Gasteiger charge is -1.79. The second kappa shape index (κ2) is 16.6. The molecule has 0 heterocycles. The minimum atomic E-state index is 0.733. The standard InChI is InChI=1S/C5H10O.C5H8O/c2*1-2-3-4-5-6/h5H,2-4H2,1H3;3-5H,2H2,1H3. The Labute approximate surface area is 74.7 Å². The van der Waals surface area contributed by atoms with E-state index in [1.807, 2.05) is 13.0 Å². The molecule has 0 radical (unpaired) electrons. The highest BCUT2D eigenvalue weighted by Gasteiger charge is 1.75. The first-order chi connectivity index (χ1) is 5.83. The summed E-state index contributed by atoms with van der Waals surface area (Å²) in [7, 11) is 0. The van der Waals surface area contributed by atoms with Crippen molar-refractivity contribution in [3.63, 3.8) is 0 Å². The molecule has 0 fully saturated rings. The van der Waals surface area contributed by atoms with Gasteiger partial charge in [-0.2, -0.15) is 0 Å². The Morgan fingerprint density at radius 3 is 2.00 bits per heavy atom. The molecule has 0 unspecified atom stereocenters. The van der Waals surface area contributed by atoms with E-state index >= 15 is 0 Å². The Bertz CT molecular complexity index is 117. The molecule has 0 saturated carbocycles. The second-order valence-electron chi connectivity index (χ2n) is 2.28. The van der Waals surface area contributed by atoms with Crippen molar-refractivity contribution in [2.75, 3.05) is 0 Å². The highest BCUT2D eigenvalue weighted by Crippen LogP contribution is 1.87. The topological polar surface area (TPSA) is 34.1 Å². The van der Waals surface area contributed by atoms with Gasteiger partial charge in [-0.1, -0.05) is 26.3 Å². The molecule has 0 aromatic rings. The van der Waals surface area contributed by atoms with Crippen LogP contribution < -0.4 is 0 Å². The number of hydrogen-bond donors (Lipinski definition) is 0. The van der Waals surface area contributed by atoms with Crippen molar-refractivity contribution in [1.82, 2.24) is 0 Å². The van der Waals surface area contributed by atoms with Gasteiger partial charge in [0.25, 0.3) is 0 Å². The van der Waals surface area contributed by atoms with Crippen LogP contribution in [0.2, 0.25) is 0 Å². The molecular formula is C10H18O2. The molecule has 0 bridgehead atoms. The van der Waals surface area contributed by atoms with Gasteiger partial charge in [-0.3, -0.25) is 4.79 Å². The van der Waals surface area contributed by atoms with Crippen LogP contribution in [-0.4, -0.2) is 12.6 Å². The SMILES string of the molecule is CCC=CC=O.CCCCC=O. The van der Waals surface area contributed by atoms with Gasteiger partial charge < -0.3 is 4.79 Å². The fourth-order valence-electron chi connectivity index (χ4n) is 0.479. The third kappa shape index (κ3) is 23.0. The summed E-state index contributed by atoms with van der Waals surface area (Å²) in [5.74, 6) is 0. The molecule has 2 heteroatoms. The highest BCUT2D eigenvalue weighted by molar-refractivity contribution is 5.64. The Morgan fingerprint density at radius 1 is 1.17 bits per heavy atom. The smallest absolute Gasteiger partial charge is 0.142 e. The van der Waals surface area contributed by atoms with Gasteiger partial charge in [0.15, 0.2) is 0 Å². The molecule has 0 spiro atoms. The van der Waals surface area contributed by atoms with Crippen LogP contribution in [0.1, 0.15) is 39.5 Å². The summed E-state index contributed by atoms with van der Waals surface area (Å²) in [5.41, 5.74) is 0. The Hall–Kier alpha value is -0.920. The largest absolute Gasteiger partial charge is 0.303 e. The summed E-state index contributed by atoms with van der Waals surface area (Å²) < 4.78 is 0. The molecule has 0 aliphatic carbocycles. The minimum absolute atomic E-state index is 0.733. The van der Waals surface area contributed by atoms with Crippen molar-refractivity contribution in [1.29, 1.82) is 0 Å². The first kappa shape index (κ1) is 13.7. The first-order valence-electron chi connectivity index (χ1n) is 4.37. The number of unbranched alkanes of at least 4 members (excludes halogenated alkanes) is 2. The van der Waals surface area contributed by atoms with Crippen LogP contribution in [0.5, 0.6) is 0 Å². The van der Waals surface area contributed by atoms with Crippen LogP contribution in [0, 0.1) is 0 Å². The van der Waals surface area contributed by atoms with E-state index < -0.39 is 0 Å². The number of carbonyl (C=O) groups excluding carboxylic acids is 2. The van der Waals surface area contributed by atoms with Crippen LogP contribution in [0.15, 0.2) is 12.2 Å². The highest BCUT2D eigenvalue weighted by atomic mass is 16.1. The maximum atomic E-state index is 9.56. The zero-order valence-electron chi connectivity index (χ0n) is 7.95. The van der Waals surface area contributed by atoms with Gasteiger partial charge in [0.1, 0.15) is 12.6 Å². The molecule has 0 saturated heterocycles. The Morgan fingerprint density at radius 2 is 1.83 bits per heavy atom. The van der Waals surface area contributed by atoms with E-state index in [1.54, 1.807) is 0 Å². The van der Waals surface area contributed by atoms with E-state index in [0.29, 0.717) is 0 Å². The van der Waals surface area contributed by atoms with Gasteiger partial charge in [0.05, 0.1) is 0 Å². The number of allylic oxidation sites excluding steroid dienone is 2. The van der Waals surface area contributed by atoms with E-state index in [-0.39, 0.29) is 0 Å². The zero-order chi connectivity index (χ0) is 9.66. The normalized spacial score (nSPS) is 8.83. The van der Waals surface area contributed by atoms with Crippen molar-refractivity contribution in [2.24, 2.45) is 0 Å². The lowest BCUT2D eigenvalue weighted by atomic mass is 10.3. The molecule has 0 aromatic carbocycles. The van der Waals surface area contributed by atoms with Crippen molar-refractivity contribution in [2.45, 2.75) is 39.5 Å². The van der Waals surface area contributed by atoms with Gasteiger partial charge in [0, 0.05) is 6.42 Å². The maximum absolute atomic E-state index is 9.56. The lowest BCUT2D eigenvalue weighted by molar-refractivity contribution is -0.108. The molecule has 0 aliphatic rings. The molecule has 0 N–H and O–H groups in total. The third-order valence-electron chi connectivity index (χ3n) is 1.13. The van der Waals surface area contributed by atoms with Gasteiger partial charge in [0.2, 0.25) is 0 Å². The third-order valence-corrected chi connectivity index (χ3v) is 1.13. The number of hydrogen-bond acceptors (Lipinski definition) is 2. The molecular weight excluding hydrogens is 152 g/mol. The molecule has 0 rings (SSSR count). The number of aldehydes is 2. The van der Waals surface area contributed by atoms with E-state index in [1.165, 1.54) is 6.08 Å². The van der Waals surface area contributed by atoms with Crippen molar-refractivity contribution >= 4 is 12.6 Å². The first-order valence-corrected chi connectivity index (χ1v) is 4.37. The van der Waals surface area contributed by atoms with Crippen LogP contribution in [0.3, 0.4) is 0 Å². The van der Waals surface area contributed by atoms with E-state index in [2.05, 4.69) is 6.92 Å². The van der Waals surface area contributed by atoms with Crippen LogP contribution in [0.4, 0.5) is 0 Å². The van der Waals surface area contributed by atoms with E-state index in [9.17, 15) is 9.59 Å². The molecule has 0 atom stereocenters. The van der Waals surface area contributed by atoms with Crippen molar-refractivity contribution in [3.05, 3.63) is 12.2 Å². The zero-order valence-corrected chi connectivity index (χ0v) is 7.95. The molecule has 12 heavy (non-hydrogen) atoms. The van der Waals surface area contributed by atoms with Crippen LogP contribution in [-0.2, 0) is 9.59 Å². The lowest BCUT2D eigenvalue weighted by Crippen LogP contribution is -1.70. The average molecular weight is 170 g/mol. The minimum Gasteiger partial charge on any atom is -0.303 e. The van der Waals surface area contributed by atoms with Crippen LogP contribution in [0.25, 0.3) is 0 Å². The van der Waals surface area contributed by atoms with E-state index in [0.717, 1.165) is 38.3 Å². The van der Waals surface area contributed by atoms with Crippen molar-refractivity contribution < 1.29 is 9.59 Å². The van der Waals surface area contributed by atoms with Gasteiger partial charge in [-0.05, 0) is 18.9 Å². The maximum Gasteiger partial charge on any atom is 0.142 e. The molecule has 2 nitrogen and oxygen atoms in total. The van der Waals surface area contributed by atoms with E-state index in [4.69, 9.17) is 0 Å². The predicted molar refractivity (Wildman–Crippen MR) is 51.1 cm³/mol. The Kier molecular flexibility index (Phi) is 18.9. The summed E-state index contributed by atoms with van der Waals surface area (Å²) in [6, 6.07) is 0. The number of carbonyl (C=O) groups is 2. The number of rotatable bonds is 5. The molecule has 70 valence electrons. The van der Waals surface area contributed by atoms with Gasteiger partial charge >= 0.3 is 0 Å². The fourth-order valence-corrected chi connectivity index (χ4v) is 0.479. The summed E-state index contributed by atoms with van der Waals surface area (Å²) in [6.07, 6.45) is 8.90. The summed E-state index contributed by atoms with van der Waals surface area (Å²) in [6.45, 7) is 4.06. The Balaban J connectivity index is 0.